The number of pyridine rings is 1. The summed E-state index contributed by atoms with van der Waals surface area (Å²) in [6.07, 6.45) is 3.62. The SMILES string of the molecule is COc1ncccc1CN1Cc2c(nc(C)n2C(C)C)C2(CCN(C(=O)N(C)C)CC2)C1. The average molecular weight is 441 g/mol. The number of likely N-dealkylation sites (tertiary alicyclic amines) is 1. The predicted molar refractivity (Wildman–Crippen MR) is 124 cm³/mol. The topological polar surface area (TPSA) is 66.7 Å². The Morgan fingerprint density at radius 3 is 2.62 bits per heavy atom. The van der Waals surface area contributed by atoms with E-state index in [1.807, 2.05) is 25.1 Å². The molecule has 1 saturated heterocycles. The van der Waals surface area contributed by atoms with Crippen molar-refractivity contribution < 1.29 is 9.53 Å². The molecule has 0 saturated carbocycles. The number of aromatic nitrogens is 3. The van der Waals surface area contributed by atoms with Gasteiger partial charge in [-0.3, -0.25) is 4.90 Å². The second-order valence-corrected chi connectivity index (χ2v) is 9.68. The number of rotatable bonds is 4. The molecule has 1 fully saturated rings. The van der Waals surface area contributed by atoms with Crippen LogP contribution in [-0.4, -0.2) is 76.1 Å². The lowest BCUT2D eigenvalue weighted by molar-refractivity contribution is 0.0909. The Morgan fingerprint density at radius 2 is 2.00 bits per heavy atom. The molecule has 0 atom stereocenters. The molecule has 2 aromatic rings. The van der Waals surface area contributed by atoms with Crippen LogP contribution in [0.15, 0.2) is 18.3 Å². The van der Waals surface area contributed by atoms with Gasteiger partial charge in [0.15, 0.2) is 0 Å². The molecule has 0 aromatic carbocycles. The van der Waals surface area contributed by atoms with Crippen LogP contribution >= 0.6 is 0 Å². The van der Waals surface area contributed by atoms with Crippen molar-refractivity contribution in [2.45, 2.75) is 58.2 Å². The van der Waals surface area contributed by atoms with Crippen LogP contribution < -0.4 is 4.74 Å². The predicted octanol–water partition coefficient (Wildman–Crippen LogP) is 3.21. The van der Waals surface area contributed by atoms with E-state index in [-0.39, 0.29) is 11.4 Å². The van der Waals surface area contributed by atoms with E-state index in [1.165, 1.54) is 11.4 Å². The zero-order chi connectivity index (χ0) is 23.0. The second-order valence-electron chi connectivity index (χ2n) is 9.68. The summed E-state index contributed by atoms with van der Waals surface area (Å²) in [5.41, 5.74) is 3.62. The highest BCUT2D eigenvalue weighted by Gasteiger charge is 2.46. The molecule has 1 spiro atoms. The first-order valence-electron chi connectivity index (χ1n) is 11.5. The van der Waals surface area contributed by atoms with Gasteiger partial charge in [0.1, 0.15) is 5.82 Å². The van der Waals surface area contributed by atoms with Crippen LogP contribution in [-0.2, 0) is 18.5 Å². The molecular formula is C24H36N6O2. The fourth-order valence-corrected chi connectivity index (χ4v) is 5.51. The van der Waals surface area contributed by atoms with Crippen LogP contribution in [0, 0.1) is 6.92 Å². The van der Waals surface area contributed by atoms with Crippen molar-refractivity contribution in [3.05, 3.63) is 41.1 Å². The number of aryl methyl sites for hydroxylation is 1. The second kappa shape index (κ2) is 8.73. The van der Waals surface area contributed by atoms with Crippen LogP contribution in [0.25, 0.3) is 0 Å². The molecule has 4 rings (SSSR count). The number of ether oxygens (including phenoxy) is 1. The number of fused-ring (bicyclic) bond motifs is 2. The molecule has 0 radical (unpaired) electrons. The third-order valence-electron chi connectivity index (χ3n) is 6.92. The van der Waals surface area contributed by atoms with Gasteiger partial charge in [0.25, 0.3) is 0 Å². The molecule has 8 nitrogen and oxygen atoms in total. The van der Waals surface area contributed by atoms with Crippen LogP contribution in [0.5, 0.6) is 5.88 Å². The maximum absolute atomic E-state index is 12.5. The Balaban J connectivity index is 1.67. The number of hydrogen-bond donors (Lipinski definition) is 0. The van der Waals surface area contributed by atoms with E-state index in [2.05, 4.69) is 41.3 Å². The van der Waals surface area contributed by atoms with Gasteiger partial charge < -0.3 is 19.1 Å². The summed E-state index contributed by atoms with van der Waals surface area (Å²) < 4.78 is 7.91. The fourth-order valence-electron chi connectivity index (χ4n) is 5.51. The first-order chi connectivity index (χ1) is 15.3. The van der Waals surface area contributed by atoms with E-state index in [9.17, 15) is 4.79 Å². The minimum absolute atomic E-state index is 0.0446. The standard InChI is InChI=1S/C24H36N6O2/c1-17(2)30-18(3)26-21-20(30)15-28(14-19-8-7-11-25-22(19)32-6)16-24(21)9-12-29(13-10-24)23(31)27(4)5/h7-8,11,17H,9-10,12-16H2,1-6H3. The van der Waals surface area contributed by atoms with Crippen molar-refractivity contribution in [2.75, 3.05) is 40.8 Å². The summed E-state index contributed by atoms with van der Waals surface area (Å²) in [5.74, 6) is 1.77. The first-order valence-corrected chi connectivity index (χ1v) is 11.5. The van der Waals surface area contributed by atoms with E-state index in [1.54, 1.807) is 18.2 Å². The number of imidazole rings is 1. The number of piperidine rings is 1. The number of carbonyl (C=O) groups is 1. The van der Waals surface area contributed by atoms with Crippen molar-refractivity contribution in [1.29, 1.82) is 0 Å². The Hall–Kier alpha value is -2.61. The van der Waals surface area contributed by atoms with Gasteiger partial charge >= 0.3 is 6.03 Å². The van der Waals surface area contributed by atoms with Crippen LogP contribution in [0.4, 0.5) is 4.79 Å². The normalized spacial score (nSPS) is 18.2. The fraction of sp³-hybridized carbons (Fsp3) is 0.625. The van der Waals surface area contributed by atoms with Crippen LogP contribution in [0.3, 0.4) is 0 Å². The lowest BCUT2D eigenvalue weighted by atomic mass is 9.72. The highest BCUT2D eigenvalue weighted by molar-refractivity contribution is 5.74. The van der Waals surface area contributed by atoms with Crippen molar-refractivity contribution in [3.63, 3.8) is 0 Å². The van der Waals surface area contributed by atoms with Gasteiger partial charge in [-0.1, -0.05) is 6.07 Å². The molecule has 8 heteroatoms. The quantitative estimate of drug-likeness (QED) is 0.730. The molecule has 174 valence electrons. The largest absolute Gasteiger partial charge is 0.481 e. The molecule has 0 bridgehead atoms. The van der Waals surface area contributed by atoms with E-state index in [4.69, 9.17) is 9.72 Å². The molecule has 2 amide bonds. The maximum Gasteiger partial charge on any atom is 0.319 e. The molecule has 0 unspecified atom stereocenters. The number of carbonyl (C=O) groups excluding carboxylic acids is 1. The highest BCUT2D eigenvalue weighted by Crippen LogP contribution is 2.43. The Labute approximate surface area is 191 Å². The first kappa shape index (κ1) is 22.6. The summed E-state index contributed by atoms with van der Waals surface area (Å²) in [5, 5.41) is 0. The number of urea groups is 1. The minimum atomic E-state index is -0.0446. The van der Waals surface area contributed by atoms with E-state index < -0.39 is 0 Å². The van der Waals surface area contributed by atoms with Gasteiger partial charge in [0.05, 0.1) is 18.5 Å². The maximum atomic E-state index is 12.5. The summed E-state index contributed by atoms with van der Waals surface area (Å²) in [6, 6.07) is 4.51. The third kappa shape index (κ3) is 3.96. The van der Waals surface area contributed by atoms with E-state index in [0.717, 1.165) is 57.0 Å². The summed E-state index contributed by atoms with van der Waals surface area (Å²) in [7, 11) is 5.32. The number of nitrogens with zero attached hydrogens (tertiary/aromatic N) is 6. The van der Waals surface area contributed by atoms with Crippen molar-refractivity contribution in [1.82, 2.24) is 29.2 Å². The molecule has 2 aliphatic heterocycles. The average Bonchev–Trinajstić information content (AvgIpc) is 3.11. The summed E-state index contributed by atoms with van der Waals surface area (Å²) in [6.45, 7) is 10.6. The Kier molecular flexibility index (Phi) is 6.16. The molecule has 4 heterocycles. The summed E-state index contributed by atoms with van der Waals surface area (Å²) >= 11 is 0. The van der Waals surface area contributed by atoms with Crippen molar-refractivity contribution >= 4 is 6.03 Å². The van der Waals surface area contributed by atoms with Crippen LogP contribution in [0.2, 0.25) is 0 Å². The lowest BCUT2D eigenvalue weighted by Gasteiger charge is -2.47. The molecule has 0 aliphatic carbocycles. The van der Waals surface area contributed by atoms with Gasteiger partial charge in [-0.2, -0.15) is 0 Å². The summed E-state index contributed by atoms with van der Waals surface area (Å²) in [4.78, 5) is 28.2. The van der Waals surface area contributed by atoms with E-state index >= 15 is 0 Å². The molecule has 2 aliphatic rings. The number of methoxy groups -OCH3 is 1. The van der Waals surface area contributed by atoms with Gasteiger partial charge in [0, 0.05) is 70.0 Å². The third-order valence-corrected chi connectivity index (χ3v) is 6.92. The smallest absolute Gasteiger partial charge is 0.319 e. The Morgan fingerprint density at radius 1 is 1.28 bits per heavy atom. The molecule has 32 heavy (non-hydrogen) atoms. The zero-order valence-electron chi connectivity index (χ0n) is 20.3. The minimum Gasteiger partial charge on any atom is -0.481 e. The lowest BCUT2D eigenvalue weighted by Crippen LogP contribution is -2.54. The van der Waals surface area contributed by atoms with Gasteiger partial charge in [-0.25, -0.2) is 14.8 Å². The molecular weight excluding hydrogens is 404 g/mol. The number of hydrogen-bond acceptors (Lipinski definition) is 5. The number of amides is 2. The van der Waals surface area contributed by atoms with Crippen LogP contribution in [0.1, 0.15) is 55.5 Å². The Bertz CT molecular complexity index is 975. The zero-order valence-corrected chi connectivity index (χ0v) is 20.3. The molecule has 2 aromatic heterocycles. The van der Waals surface area contributed by atoms with Gasteiger partial charge in [0.2, 0.25) is 5.88 Å². The monoisotopic (exact) mass is 440 g/mol. The van der Waals surface area contributed by atoms with Crippen molar-refractivity contribution in [2.24, 2.45) is 0 Å². The van der Waals surface area contributed by atoms with E-state index in [0.29, 0.717) is 11.9 Å². The van der Waals surface area contributed by atoms with Gasteiger partial charge in [-0.05, 0) is 39.7 Å². The highest BCUT2D eigenvalue weighted by atomic mass is 16.5. The molecule has 0 N–H and O–H groups in total. The van der Waals surface area contributed by atoms with Crippen molar-refractivity contribution in [3.8, 4) is 5.88 Å². The van der Waals surface area contributed by atoms with Gasteiger partial charge in [-0.15, -0.1) is 0 Å².